The molecule has 0 radical (unpaired) electrons. The van der Waals surface area contributed by atoms with Crippen molar-refractivity contribution in [3.63, 3.8) is 0 Å². The van der Waals surface area contributed by atoms with Gasteiger partial charge in [0.15, 0.2) is 11.4 Å². The number of carboxylic acids is 1. The minimum atomic E-state index is -1.79. The number of nitrogens with one attached hydrogen (secondary N) is 1. The highest BCUT2D eigenvalue weighted by atomic mass is 16.5. The zero-order valence-corrected chi connectivity index (χ0v) is 7.60. The molecule has 0 aliphatic carbocycles. The average molecular weight is 201 g/mol. The predicted molar refractivity (Wildman–Crippen MR) is 44.3 cm³/mol. The molecule has 78 valence electrons. The molecule has 1 rings (SSSR count). The first kappa shape index (κ1) is 10.6. The molecule has 0 aliphatic rings. The van der Waals surface area contributed by atoms with Gasteiger partial charge >= 0.3 is 5.97 Å². The third-order valence-electron chi connectivity index (χ3n) is 1.62. The Labute approximate surface area is 79.7 Å². The SMILES string of the molecule is CC(O)(CNCc1ncon1)C(=O)O. The number of aliphatic carboxylic acids is 1. The van der Waals surface area contributed by atoms with Gasteiger partial charge in [-0.2, -0.15) is 4.98 Å². The standard InChI is InChI=1S/C7H11N3O4/c1-7(13,6(11)12)3-8-2-5-9-4-14-10-5/h4,8,13H,2-3H2,1H3,(H,11,12). The molecule has 1 aromatic heterocycles. The summed E-state index contributed by atoms with van der Waals surface area (Å²) >= 11 is 0. The lowest BCUT2D eigenvalue weighted by Gasteiger charge is -2.17. The monoisotopic (exact) mass is 201 g/mol. The minimum absolute atomic E-state index is 0.0864. The molecular weight excluding hydrogens is 190 g/mol. The van der Waals surface area contributed by atoms with Crippen LogP contribution < -0.4 is 5.32 Å². The van der Waals surface area contributed by atoms with E-state index in [4.69, 9.17) is 5.11 Å². The molecule has 7 heteroatoms. The maximum absolute atomic E-state index is 10.5. The number of carbonyl (C=O) groups is 1. The first-order valence-corrected chi connectivity index (χ1v) is 3.94. The van der Waals surface area contributed by atoms with Crippen LogP contribution in [0.3, 0.4) is 0 Å². The lowest BCUT2D eigenvalue weighted by molar-refractivity contribution is -0.156. The minimum Gasteiger partial charge on any atom is -0.479 e. The summed E-state index contributed by atoms with van der Waals surface area (Å²) in [5.41, 5.74) is -1.79. The molecule has 7 nitrogen and oxygen atoms in total. The van der Waals surface area contributed by atoms with E-state index in [0.29, 0.717) is 5.82 Å². The van der Waals surface area contributed by atoms with Gasteiger partial charge in [0.25, 0.3) is 0 Å². The normalized spacial score (nSPS) is 15.0. The van der Waals surface area contributed by atoms with E-state index in [1.165, 1.54) is 13.3 Å². The summed E-state index contributed by atoms with van der Waals surface area (Å²) in [4.78, 5) is 14.2. The summed E-state index contributed by atoms with van der Waals surface area (Å²) in [6, 6.07) is 0. The lowest BCUT2D eigenvalue weighted by Crippen LogP contribution is -2.44. The van der Waals surface area contributed by atoms with Crippen molar-refractivity contribution in [2.45, 2.75) is 19.1 Å². The summed E-state index contributed by atoms with van der Waals surface area (Å²) in [7, 11) is 0. The van der Waals surface area contributed by atoms with Crippen molar-refractivity contribution in [1.82, 2.24) is 15.5 Å². The first-order chi connectivity index (χ1) is 6.52. The number of aliphatic hydroxyl groups is 1. The van der Waals surface area contributed by atoms with E-state index in [2.05, 4.69) is 20.0 Å². The zero-order valence-electron chi connectivity index (χ0n) is 7.60. The van der Waals surface area contributed by atoms with Gasteiger partial charge in [0.05, 0.1) is 6.54 Å². The van der Waals surface area contributed by atoms with Gasteiger partial charge in [-0.15, -0.1) is 0 Å². The fourth-order valence-corrected chi connectivity index (χ4v) is 0.764. The van der Waals surface area contributed by atoms with Crippen molar-refractivity contribution in [2.24, 2.45) is 0 Å². The molecule has 0 aliphatic heterocycles. The molecule has 1 unspecified atom stereocenters. The average Bonchev–Trinajstić information content (AvgIpc) is 2.56. The molecule has 1 atom stereocenters. The Hall–Kier alpha value is -1.47. The number of nitrogens with zero attached hydrogens (tertiary/aromatic N) is 2. The van der Waals surface area contributed by atoms with E-state index in [1.54, 1.807) is 0 Å². The molecule has 1 aromatic rings. The molecule has 0 spiro atoms. The highest BCUT2D eigenvalue weighted by molar-refractivity contribution is 5.76. The van der Waals surface area contributed by atoms with Crippen molar-refractivity contribution < 1.29 is 19.5 Å². The van der Waals surface area contributed by atoms with Crippen molar-refractivity contribution in [1.29, 1.82) is 0 Å². The quantitative estimate of drug-likeness (QED) is 0.560. The van der Waals surface area contributed by atoms with Crippen LogP contribution >= 0.6 is 0 Å². The van der Waals surface area contributed by atoms with E-state index in [1.807, 2.05) is 0 Å². The van der Waals surface area contributed by atoms with Crippen LogP contribution in [0.25, 0.3) is 0 Å². The maximum atomic E-state index is 10.5. The Morgan fingerprint density at radius 1 is 1.79 bits per heavy atom. The molecule has 0 amide bonds. The first-order valence-electron chi connectivity index (χ1n) is 3.94. The van der Waals surface area contributed by atoms with Crippen LogP contribution in [0.1, 0.15) is 12.7 Å². The van der Waals surface area contributed by atoms with Crippen molar-refractivity contribution in [2.75, 3.05) is 6.54 Å². The summed E-state index contributed by atoms with van der Waals surface area (Å²) in [6.07, 6.45) is 1.17. The van der Waals surface area contributed by atoms with Crippen molar-refractivity contribution >= 4 is 5.97 Å². The maximum Gasteiger partial charge on any atom is 0.336 e. The van der Waals surface area contributed by atoms with E-state index in [9.17, 15) is 9.90 Å². The second-order valence-electron chi connectivity index (χ2n) is 3.03. The van der Waals surface area contributed by atoms with Gasteiger partial charge in [-0.3, -0.25) is 0 Å². The van der Waals surface area contributed by atoms with E-state index >= 15 is 0 Å². The molecule has 0 bridgehead atoms. The van der Waals surface area contributed by atoms with Crippen LogP contribution in [0.5, 0.6) is 0 Å². The van der Waals surface area contributed by atoms with Crippen LogP contribution in [-0.4, -0.2) is 38.5 Å². The fraction of sp³-hybridized carbons (Fsp3) is 0.571. The Bertz CT molecular complexity index is 296. The molecule has 14 heavy (non-hydrogen) atoms. The van der Waals surface area contributed by atoms with Gasteiger partial charge in [-0.25, -0.2) is 4.79 Å². The second kappa shape index (κ2) is 4.16. The number of aromatic nitrogens is 2. The zero-order chi connectivity index (χ0) is 10.6. The van der Waals surface area contributed by atoms with Gasteiger partial charge in [0.2, 0.25) is 6.39 Å². The van der Waals surface area contributed by atoms with Crippen LogP contribution in [0.15, 0.2) is 10.9 Å². The largest absolute Gasteiger partial charge is 0.479 e. The third-order valence-corrected chi connectivity index (χ3v) is 1.62. The summed E-state index contributed by atoms with van der Waals surface area (Å²) in [5.74, 6) is -0.871. The van der Waals surface area contributed by atoms with Crippen LogP contribution in [0.4, 0.5) is 0 Å². The van der Waals surface area contributed by atoms with Crippen molar-refractivity contribution in [3.8, 4) is 0 Å². The molecule has 0 saturated carbocycles. The topological polar surface area (TPSA) is 108 Å². The molecule has 0 fully saturated rings. The van der Waals surface area contributed by atoms with Gasteiger partial charge in [-0.05, 0) is 6.92 Å². The smallest absolute Gasteiger partial charge is 0.336 e. The van der Waals surface area contributed by atoms with Crippen LogP contribution in [0.2, 0.25) is 0 Å². The number of hydrogen-bond acceptors (Lipinski definition) is 6. The van der Waals surface area contributed by atoms with Crippen LogP contribution in [-0.2, 0) is 11.3 Å². The Balaban J connectivity index is 2.31. The van der Waals surface area contributed by atoms with Crippen LogP contribution in [0, 0.1) is 0 Å². The summed E-state index contributed by atoms with van der Waals surface area (Å²) in [5, 5.41) is 24.0. The van der Waals surface area contributed by atoms with Gasteiger partial charge in [0, 0.05) is 6.54 Å². The van der Waals surface area contributed by atoms with Gasteiger partial charge in [0.1, 0.15) is 0 Å². The van der Waals surface area contributed by atoms with Crippen molar-refractivity contribution in [3.05, 3.63) is 12.2 Å². The number of carboxylic acid groups (broad SMARTS) is 1. The molecule has 0 aromatic carbocycles. The number of rotatable bonds is 5. The Kier molecular flexibility index (Phi) is 3.15. The summed E-state index contributed by atoms with van der Waals surface area (Å²) < 4.78 is 4.46. The van der Waals surface area contributed by atoms with E-state index in [0.717, 1.165) is 0 Å². The predicted octanol–water partition coefficient (Wildman–Crippen LogP) is -1.01. The Morgan fingerprint density at radius 2 is 2.50 bits per heavy atom. The lowest BCUT2D eigenvalue weighted by atomic mass is 10.1. The highest BCUT2D eigenvalue weighted by Gasteiger charge is 2.29. The third kappa shape index (κ3) is 2.79. The molecule has 3 N–H and O–H groups in total. The Morgan fingerprint density at radius 3 is 3.00 bits per heavy atom. The van der Waals surface area contributed by atoms with Gasteiger partial charge in [-0.1, -0.05) is 5.16 Å². The van der Waals surface area contributed by atoms with E-state index in [-0.39, 0.29) is 13.1 Å². The van der Waals surface area contributed by atoms with Gasteiger partial charge < -0.3 is 20.1 Å². The fourth-order valence-electron chi connectivity index (χ4n) is 0.764. The summed E-state index contributed by atoms with van der Waals surface area (Å²) in [6.45, 7) is 1.37. The molecule has 1 heterocycles. The second-order valence-corrected chi connectivity index (χ2v) is 3.03. The molecule has 0 saturated heterocycles. The highest BCUT2D eigenvalue weighted by Crippen LogP contribution is 2.01. The number of hydrogen-bond donors (Lipinski definition) is 3. The van der Waals surface area contributed by atoms with E-state index < -0.39 is 11.6 Å². The molecular formula is C7H11N3O4.